The zero-order valence-electron chi connectivity index (χ0n) is 35.1. The molecule has 2 atom stereocenters. The number of methoxy groups -OCH3 is 1. The van der Waals surface area contributed by atoms with Gasteiger partial charge in [-0.3, -0.25) is 14.9 Å². The fraction of sp³-hybridized carbons (Fsp3) is 0.327. The Morgan fingerprint density at radius 1 is 0.644 bits per heavy atom. The lowest BCUT2D eigenvalue weighted by Crippen LogP contribution is -2.53. The summed E-state index contributed by atoms with van der Waals surface area (Å²) >= 11 is 0. The van der Waals surface area contributed by atoms with Gasteiger partial charge < -0.3 is 25.4 Å². The van der Waals surface area contributed by atoms with Gasteiger partial charge in [-0.05, 0) is 90.4 Å². The summed E-state index contributed by atoms with van der Waals surface area (Å²) in [4.78, 5) is 41.2. The summed E-state index contributed by atoms with van der Waals surface area (Å²) in [6.07, 6.45) is 2.16. The number of aryl methyl sites for hydroxylation is 1. The van der Waals surface area contributed by atoms with Crippen molar-refractivity contribution in [2.24, 2.45) is 0 Å². The van der Waals surface area contributed by atoms with E-state index in [-0.39, 0.29) is 18.9 Å². The molecular formula is C49H60N4O5Si. The van der Waals surface area contributed by atoms with Gasteiger partial charge in [0.25, 0.3) is 0 Å². The zero-order valence-corrected chi connectivity index (χ0v) is 36.1. The Hall–Kier alpha value is -5.71. The van der Waals surface area contributed by atoms with E-state index < -0.39 is 37.7 Å². The van der Waals surface area contributed by atoms with Crippen molar-refractivity contribution >= 4 is 31.7 Å². The number of carbonyl (C=O) groups excluding carboxylic acids is 3. The van der Waals surface area contributed by atoms with Gasteiger partial charge in [0.2, 0.25) is 11.8 Å². The Kier molecular flexibility index (Phi) is 16.5. The Labute approximate surface area is 351 Å². The third kappa shape index (κ3) is 13.1. The summed E-state index contributed by atoms with van der Waals surface area (Å²) in [5.41, 5.74) is 5.24. The van der Waals surface area contributed by atoms with Crippen LogP contribution in [0.3, 0.4) is 0 Å². The van der Waals surface area contributed by atoms with Gasteiger partial charge in [0.05, 0.1) is 19.3 Å². The molecule has 310 valence electrons. The van der Waals surface area contributed by atoms with Gasteiger partial charge in [-0.25, -0.2) is 4.79 Å². The molecule has 0 bridgehead atoms. The molecule has 59 heavy (non-hydrogen) atoms. The second kappa shape index (κ2) is 21.9. The number of hydrogen-bond donors (Lipinski definition) is 4. The minimum atomic E-state index is -1.44. The van der Waals surface area contributed by atoms with Gasteiger partial charge in [-0.15, -0.1) is 0 Å². The number of nitrogens with one attached hydrogen (secondary N) is 4. The molecule has 9 nitrogen and oxygen atoms in total. The molecule has 0 unspecified atom stereocenters. The highest BCUT2D eigenvalue weighted by molar-refractivity contribution is 6.76. The highest BCUT2D eigenvalue weighted by Gasteiger charge is 2.36. The van der Waals surface area contributed by atoms with E-state index in [9.17, 15) is 14.4 Å². The molecule has 0 radical (unpaired) electrons. The Balaban J connectivity index is 1.35. The molecular weight excluding hydrogens is 753 g/mol. The maximum atomic E-state index is 14.1. The van der Waals surface area contributed by atoms with Crippen molar-refractivity contribution in [2.45, 2.75) is 82.3 Å². The van der Waals surface area contributed by atoms with Gasteiger partial charge >= 0.3 is 6.09 Å². The summed E-state index contributed by atoms with van der Waals surface area (Å²) in [6, 6.07) is 45.1. The van der Waals surface area contributed by atoms with Crippen LogP contribution in [0, 0.1) is 0 Å². The number of amides is 3. The summed E-state index contributed by atoms with van der Waals surface area (Å²) in [5, 5.41) is 12.8. The summed E-state index contributed by atoms with van der Waals surface area (Å²) in [5.74, 6) is -0.00764. The Bertz CT molecular complexity index is 2000. The number of anilines is 1. The van der Waals surface area contributed by atoms with E-state index in [1.165, 1.54) is 0 Å². The molecule has 0 heterocycles. The molecule has 0 spiro atoms. The van der Waals surface area contributed by atoms with Crippen LogP contribution in [0.15, 0.2) is 140 Å². The maximum Gasteiger partial charge on any atom is 0.407 e. The van der Waals surface area contributed by atoms with Crippen LogP contribution in [-0.4, -0.2) is 58.3 Å². The number of alkyl carbamates (subject to hydrolysis) is 1. The average Bonchev–Trinajstić information content (AvgIpc) is 3.25. The predicted molar refractivity (Wildman–Crippen MR) is 241 cm³/mol. The second-order valence-electron chi connectivity index (χ2n) is 16.1. The van der Waals surface area contributed by atoms with E-state index in [1.807, 2.05) is 103 Å². The molecule has 0 saturated heterocycles. The van der Waals surface area contributed by atoms with Crippen molar-refractivity contribution in [3.8, 4) is 5.75 Å². The summed E-state index contributed by atoms with van der Waals surface area (Å²) < 4.78 is 11.0. The topological polar surface area (TPSA) is 118 Å². The molecule has 5 aromatic carbocycles. The molecule has 0 aromatic heterocycles. The number of unbranched alkanes of at least 4 members (excludes halogenated alkanes) is 1. The van der Waals surface area contributed by atoms with E-state index >= 15 is 0 Å². The van der Waals surface area contributed by atoms with Crippen molar-refractivity contribution in [3.05, 3.63) is 167 Å². The number of hydrogen-bond acceptors (Lipinski definition) is 6. The smallest absolute Gasteiger partial charge is 0.407 e. The lowest BCUT2D eigenvalue weighted by molar-refractivity contribution is -0.128. The maximum absolute atomic E-state index is 14.1. The van der Waals surface area contributed by atoms with Crippen molar-refractivity contribution < 1.29 is 23.9 Å². The first-order valence-electron chi connectivity index (χ1n) is 20.7. The average molecular weight is 813 g/mol. The fourth-order valence-corrected chi connectivity index (χ4v) is 7.77. The van der Waals surface area contributed by atoms with Gasteiger partial charge in [0, 0.05) is 20.2 Å². The fourth-order valence-electron chi connectivity index (χ4n) is 7.06. The van der Waals surface area contributed by atoms with Crippen molar-refractivity contribution in [3.63, 3.8) is 0 Å². The van der Waals surface area contributed by atoms with E-state index in [4.69, 9.17) is 9.47 Å². The normalized spacial score (nSPS) is 12.5. The number of carbonyl (C=O) groups is 3. The van der Waals surface area contributed by atoms with Crippen LogP contribution < -0.4 is 26.0 Å². The standard InChI is InChI=1S/C49H60N4O5Si/c1-6-37-25-29-42(30-26-37)51-46(54)44(52-47(55)45(36-38-18-10-7-11-19-38)53-48(56)58-34-35-59(3,4)5)24-16-17-33-50-49(39-20-12-8-13-21-39,40-22-14-9-15-23-40)41-27-31-43(57-2)32-28-41/h7-15,18-23,25-32,44-45,50H,6,16-17,24,33-36H2,1-5H3,(H,51,54)(H,52,55)(H,53,56)/t44-,45-/m0/s1. The molecule has 0 aliphatic heterocycles. The second-order valence-corrected chi connectivity index (χ2v) is 21.7. The first-order chi connectivity index (χ1) is 28.5. The van der Waals surface area contributed by atoms with Crippen LogP contribution in [0.25, 0.3) is 0 Å². The molecule has 10 heteroatoms. The first kappa shape index (κ1) is 44.4. The Morgan fingerprint density at radius 2 is 1.22 bits per heavy atom. The summed E-state index contributed by atoms with van der Waals surface area (Å²) in [7, 11) is 0.222. The predicted octanol–water partition coefficient (Wildman–Crippen LogP) is 9.11. The SMILES string of the molecule is CCc1ccc(NC(=O)[C@H](CCCCNC(c2ccccc2)(c2ccccc2)c2ccc(OC)cc2)NC(=O)[C@H](Cc2ccccc2)NC(=O)OCC[Si](C)(C)C)cc1. The van der Waals surface area contributed by atoms with Crippen molar-refractivity contribution in [2.75, 3.05) is 25.6 Å². The zero-order chi connectivity index (χ0) is 42.1. The van der Waals surface area contributed by atoms with Gasteiger partial charge in [0.15, 0.2) is 0 Å². The van der Waals surface area contributed by atoms with E-state index in [0.29, 0.717) is 31.5 Å². The van der Waals surface area contributed by atoms with Crippen LogP contribution in [0.2, 0.25) is 25.7 Å². The van der Waals surface area contributed by atoms with E-state index in [2.05, 4.69) is 84.2 Å². The molecule has 0 saturated carbocycles. The molecule has 5 aromatic rings. The molecule has 5 rings (SSSR count). The van der Waals surface area contributed by atoms with Crippen molar-refractivity contribution in [1.82, 2.24) is 16.0 Å². The van der Waals surface area contributed by atoms with E-state index in [0.717, 1.165) is 46.0 Å². The molecule has 3 amide bonds. The number of rotatable bonds is 21. The van der Waals surface area contributed by atoms with Crippen LogP contribution >= 0.6 is 0 Å². The summed E-state index contributed by atoms with van der Waals surface area (Å²) in [6.45, 7) is 9.61. The van der Waals surface area contributed by atoms with Crippen LogP contribution in [0.5, 0.6) is 5.75 Å². The Morgan fingerprint density at radius 3 is 1.78 bits per heavy atom. The quantitative estimate of drug-likeness (QED) is 0.0334. The number of benzene rings is 5. The number of ether oxygens (including phenoxy) is 2. The molecule has 0 fully saturated rings. The largest absolute Gasteiger partial charge is 0.497 e. The minimum Gasteiger partial charge on any atom is -0.497 e. The monoisotopic (exact) mass is 812 g/mol. The van der Waals surface area contributed by atoms with Gasteiger partial charge in [-0.2, -0.15) is 0 Å². The molecule has 0 aliphatic carbocycles. The molecule has 0 aliphatic rings. The minimum absolute atomic E-state index is 0.235. The van der Waals surface area contributed by atoms with E-state index in [1.54, 1.807) is 7.11 Å². The molecule has 4 N–H and O–H groups in total. The third-order valence-electron chi connectivity index (χ3n) is 10.5. The van der Waals surface area contributed by atoms with Crippen molar-refractivity contribution in [1.29, 1.82) is 0 Å². The lowest BCUT2D eigenvalue weighted by Gasteiger charge is -2.37. The van der Waals surface area contributed by atoms with Crippen LogP contribution in [0.1, 0.15) is 54.0 Å². The van der Waals surface area contributed by atoms with Gasteiger partial charge in [0.1, 0.15) is 17.8 Å². The van der Waals surface area contributed by atoms with Crippen LogP contribution in [-0.2, 0) is 32.7 Å². The van der Waals surface area contributed by atoms with Crippen LogP contribution in [0.4, 0.5) is 10.5 Å². The first-order valence-corrected chi connectivity index (χ1v) is 24.4. The highest BCUT2D eigenvalue weighted by atomic mass is 28.3. The lowest BCUT2D eigenvalue weighted by atomic mass is 9.77. The third-order valence-corrected chi connectivity index (χ3v) is 12.2. The van der Waals surface area contributed by atoms with Gasteiger partial charge in [-0.1, -0.05) is 142 Å². The highest BCUT2D eigenvalue weighted by Crippen LogP contribution is 2.37.